The zero-order chi connectivity index (χ0) is 19.7. The van der Waals surface area contributed by atoms with E-state index < -0.39 is 5.60 Å². The number of β-amino-alcohol motifs (C(OH)–C–C–N with tert-alkyl or cyclic N) is 1. The molecule has 28 heavy (non-hydrogen) atoms. The minimum absolute atomic E-state index is 0.212. The number of fused-ring (bicyclic) bond motifs is 1. The molecule has 0 radical (unpaired) electrons. The van der Waals surface area contributed by atoms with E-state index in [0.29, 0.717) is 12.1 Å². The molecule has 1 aromatic carbocycles. The summed E-state index contributed by atoms with van der Waals surface area (Å²) in [5.74, 6) is 0.212. The van der Waals surface area contributed by atoms with Gasteiger partial charge in [-0.2, -0.15) is 0 Å². The van der Waals surface area contributed by atoms with Crippen molar-refractivity contribution < 1.29 is 9.90 Å². The van der Waals surface area contributed by atoms with Gasteiger partial charge in [0, 0.05) is 57.4 Å². The molecule has 0 aliphatic carbocycles. The fourth-order valence-corrected chi connectivity index (χ4v) is 5.65. The van der Waals surface area contributed by atoms with Gasteiger partial charge in [0.2, 0.25) is 5.91 Å². The van der Waals surface area contributed by atoms with Crippen LogP contribution in [0, 0.1) is 6.92 Å². The Morgan fingerprint density at radius 1 is 1.07 bits per heavy atom. The highest BCUT2D eigenvalue weighted by Gasteiger charge is 2.43. The summed E-state index contributed by atoms with van der Waals surface area (Å²) in [6, 6.07) is 9.29. The van der Waals surface area contributed by atoms with Gasteiger partial charge >= 0.3 is 0 Å². The Morgan fingerprint density at radius 3 is 2.54 bits per heavy atom. The topological polar surface area (TPSA) is 47.0 Å². The summed E-state index contributed by atoms with van der Waals surface area (Å²) < 4.78 is 0. The number of likely N-dealkylation sites (tertiary alicyclic amines) is 2. The van der Waals surface area contributed by atoms with Gasteiger partial charge in [0.25, 0.3) is 0 Å². The summed E-state index contributed by atoms with van der Waals surface area (Å²) >= 11 is 0. The fraction of sp³-hybridized carbons (Fsp3) is 0.696. The first-order valence-electron chi connectivity index (χ1n) is 11.0. The molecule has 3 aliphatic heterocycles. The average molecular weight is 386 g/mol. The number of hydrogen-bond donors (Lipinski definition) is 1. The monoisotopic (exact) mass is 385 g/mol. The van der Waals surface area contributed by atoms with E-state index in [4.69, 9.17) is 0 Å². The van der Waals surface area contributed by atoms with Crippen LogP contribution in [0.3, 0.4) is 0 Å². The van der Waals surface area contributed by atoms with Crippen molar-refractivity contribution in [2.24, 2.45) is 0 Å². The van der Waals surface area contributed by atoms with Gasteiger partial charge in [0.05, 0.1) is 5.60 Å². The van der Waals surface area contributed by atoms with Crippen LogP contribution in [0.4, 0.5) is 5.69 Å². The summed E-state index contributed by atoms with van der Waals surface area (Å²) in [6.07, 6.45) is 6.11. The van der Waals surface area contributed by atoms with Crippen molar-refractivity contribution in [3.8, 4) is 0 Å². The molecule has 3 saturated heterocycles. The van der Waals surface area contributed by atoms with Crippen molar-refractivity contribution >= 4 is 11.6 Å². The third-order valence-corrected chi connectivity index (χ3v) is 7.23. The minimum Gasteiger partial charge on any atom is -0.388 e. The van der Waals surface area contributed by atoms with Crippen LogP contribution in [0.15, 0.2) is 24.3 Å². The van der Waals surface area contributed by atoms with Crippen molar-refractivity contribution in [2.75, 3.05) is 37.6 Å². The second kappa shape index (κ2) is 8.03. The minimum atomic E-state index is -0.610. The average Bonchev–Trinajstić information content (AvgIpc) is 2.92. The maximum atomic E-state index is 12.1. The Labute approximate surface area is 169 Å². The predicted molar refractivity (Wildman–Crippen MR) is 113 cm³/mol. The summed E-state index contributed by atoms with van der Waals surface area (Å²) in [4.78, 5) is 19.1. The van der Waals surface area contributed by atoms with Crippen LogP contribution in [0.5, 0.6) is 0 Å². The molecule has 0 bridgehead atoms. The largest absolute Gasteiger partial charge is 0.388 e. The molecule has 2 atom stereocenters. The van der Waals surface area contributed by atoms with Crippen molar-refractivity contribution in [1.82, 2.24) is 9.80 Å². The lowest BCUT2D eigenvalue weighted by molar-refractivity contribution is -0.131. The summed E-state index contributed by atoms with van der Waals surface area (Å²) in [5, 5.41) is 11.4. The third-order valence-electron chi connectivity index (χ3n) is 7.23. The first kappa shape index (κ1) is 19.7. The van der Waals surface area contributed by atoms with Gasteiger partial charge in [-0.3, -0.25) is 9.69 Å². The van der Waals surface area contributed by atoms with E-state index in [1.807, 2.05) is 0 Å². The van der Waals surface area contributed by atoms with Gasteiger partial charge in [0.15, 0.2) is 0 Å². The number of aryl methyl sites for hydroxylation is 1. The van der Waals surface area contributed by atoms with E-state index in [9.17, 15) is 9.90 Å². The molecule has 3 heterocycles. The van der Waals surface area contributed by atoms with Crippen molar-refractivity contribution in [3.63, 3.8) is 0 Å². The molecule has 5 nitrogen and oxygen atoms in total. The number of anilines is 1. The zero-order valence-electron chi connectivity index (χ0n) is 17.4. The molecule has 0 aromatic heterocycles. The summed E-state index contributed by atoms with van der Waals surface area (Å²) in [5.41, 5.74) is 1.99. The Bertz CT molecular complexity index is 699. The second-order valence-electron chi connectivity index (χ2n) is 9.10. The number of carbonyl (C=O) groups is 1. The molecule has 5 heteroatoms. The molecule has 0 spiro atoms. The molecule has 0 saturated carbocycles. The number of amides is 1. The lowest BCUT2D eigenvalue weighted by Crippen LogP contribution is -2.54. The number of nitrogens with zero attached hydrogens (tertiary/aromatic N) is 3. The van der Waals surface area contributed by atoms with Crippen molar-refractivity contribution in [2.45, 2.75) is 70.1 Å². The van der Waals surface area contributed by atoms with Gasteiger partial charge in [-0.05, 0) is 50.7 Å². The van der Waals surface area contributed by atoms with E-state index in [2.05, 4.69) is 45.9 Å². The van der Waals surface area contributed by atoms with Gasteiger partial charge in [-0.25, -0.2) is 0 Å². The van der Waals surface area contributed by atoms with E-state index >= 15 is 0 Å². The predicted octanol–water partition coefficient (Wildman–Crippen LogP) is 2.80. The van der Waals surface area contributed by atoms with Crippen LogP contribution < -0.4 is 4.90 Å². The van der Waals surface area contributed by atoms with Crippen molar-refractivity contribution in [1.29, 1.82) is 0 Å². The van der Waals surface area contributed by atoms with E-state index in [1.165, 1.54) is 17.7 Å². The van der Waals surface area contributed by atoms with Crippen LogP contribution >= 0.6 is 0 Å². The van der Waals surface area contributed by atoms with Crippen LogP contribution in [0.25, 0.3) is 0 Å². The quantitative estimate of drug-likeness (QED) is 0.869. The Balaban J connectivity index is 1.39. The van der Waals surface area contributed by atoms with Crippen molar-refractivity contribution in [3.05, 3.63) is 29.8 Å². The SMILES string of the molecule is CC(=O)N1CCCC[C@H]2[C@@H]1CCN2CC1(O)CCN(c2ccccc2C)CC1. The summed E-state index contributed by atoms with van der Waals surface area (Å²) in [6.45, 7) is 8.34. The molecule has 4 rings (SSSR count). The van der Waals surface area contributed by atoms with Gasteiger partial charge in [0.1, 0.15) is 0 Å². The number of aliphatic hydroxyl groups is 1. The van der Waals surface area contributed by atoms with Crippen LogP contribution in [0.1, 0.15) is 51.0 Å². The maximum Gasteiger partial charge on any atom is 0.219 e. The number of piperidine rings is 1. The smallest absolute Gasteiger partial charge is 0.219 e. The highest BCUT2D eigenvalue weighted by atomic mass is 16.3. The number of para-hydroxylation sites is 1. The summed E-state index contributed by atoms with van der Waals surface area (Å²) in [7, 11) is 0. The molecule has 154 valence electrons. The van der Waals surface area contributed by atoms with E-state index in [1.54, 1.807) is 6.92 Å². The standard InChI is InChI=1S/C23H35N3O2/c1-18-7-3-4-8-20(18)24-15-11-23(28,12-16-24)17-25-14-10-22-21(25)9-5-6-13-26(22)19(2)27/h3-4,7-8,21-22,28H,5-6,9-17H2,1-2H3/t21-,22-/m0/s1. The Kier molecular flexibility index (Phi) is 5.66. The second-order valence-corrected chi connectivity index (χ2v) is 9.10. The zero-order valence-corrected chi connectivity index (χ0v) is 17.4. The molecular weight excluding hydrogens is 350 g/mol. The Morgan fingerprint density at radius 2 is 1.82 bits per heavy atom. The first-order chi connectivity index (χ1) is 13.5. The molecule has 3 aliphatic rings. The maximum absolute atomic E-state index is 12.1. The van der Waals surface area contributed by atoms with Gasteiger partial charge in [-0.1, -0.05) is 24.6 Å². The number of hydrogen-bond acceptors (Lipinski definition) is 4. The van der Waals surface area contributed by atoms with Gasteiger partial charge < -0.3 is 14.9 Å². The normalized spacial score (nSPS) is 28.1. The van der Waals surface area contributed by atoms with Crippen LogP contribution in [0.2, 0.25) is 0 Å². The fourth-order valence-electron chi connectivity index (χ4n) is 5.65. The van der Waals surface area contributed by atoms with E-state index in [-0.39, 0.29) is 5.91 Å². The lowest BCUT2D eigenvalue weighted by Gasteiger charge is -2.43. The Hall–Kier alpha value is -1.59. The van der Waals surface area contributed by atoms with Crippen LogP contribution in [-0.4, -0.2) is 71.2 Å². The lowest BCUT2D eigenvalue weighted by atomic mass is 9.89. The highest BCUT2D eigenvalue weighted by Crippen LogP contribution is 2.34. The number of benzene rings is 1. The van der Waals surface area contributed by atoms with Gasteiger partial charge in [-0.15, -0.1) is 0 Å². The molecular formula is C23H35N3O2. The molecule has 0 unspecified atom stereocenters. The highest BCUT2D eigenvalue weighted by molar-refractivity contribution is 5.73. The van der Waals surface area contributed by atoms with E-state index in [0.717, 1.165) is 64.8 Å². The molecule has 3 fully saturated rings. The number of rotatable bonds is 3. The number of carbonyl (C=O) groups excluding carboxylic acids is 1. The molecule has 1 amide bonds. The first-order valence-corrected chi connectivity index (χ1v) is 11.0. The molecule has 1 N–H and O–H groups in total. The van der Waals surface area contributed by atoms with Crippen LogP contribution in [-0.2, 0) is 4.79 Å². The third kappa shape index (κ3) is 3.92. The molecule has 1 aromatic rings.